The predicted molar refractivity (Wildman–Crippen MR) is 52.8 cm³/mol. The predicted octanol–water partition coefficient (Wildman–Crippen LogP) is 0.870. The molecule has 1 N–H and O–H groups in total. The second-order valence-corrected chi connectivity index (χ2v) is 3.69. The highest BCUT2D eigenvalue weighted by Crippen LogP contribution is 2.22. The first-order valence-electron chi connectivity index (χ1n) is 5.22. The van der Waals surface area contributed by atoms with Crippen molar-refractivity contribution in [3.8, 4) is 0 Å². The summed E-state index contributed by atoms with van der Waals surface area (Å²) in [5, 5.41) is 8.91. The van der Waals surface area contributed by atoms with Gasteiger partial charge >= 0.3 is 0 Å². The minimum atomic E-state index is 0.264. The van der Waals surface area contributed by atoms with Gasteiger partial charge in [-0.05, 0) is 12.8 Å². The standard InChI is InChI=1S/C10H21NO2/c1-13-9-7-11(6-8-12)10-4-2-3-5-10/h10,12H,2-9H2,1H3. The molecule has 1 aliphatic carbocycles. The van der Waals surface area contributed by atoms with Crippen LogP contribution >= 0.6 is 0 Å². The van der Waals surface area contributed by atoms with Crippen molar-refractivity contribution >= 4 is 0 Å². The van der Waals surface area contributed by atoms with Crippen LogP contribution < -0.4 is 0 Å². The van der Waals surface area contributed by atoms with Crippen molar-refractivity contribution in [3.63, 3.8) is 0 Å². The molecule has 1 saturated carbocycles. The van der Waals surface area contributed by atoms with Crippen LogP contribution in [-0.2, 0) is 4.74 Å². The van der Waals surface area contributed by atoms with Crippen LogP contribution in [0.15, 0.2) is 0 Å². The van der Waals surface area contributed by atoms with Gasteiger partial charge in [0.15, 0.2) is 0 Å². The lowest BCUT2D eigenvalue weighted by Gasteiger charge is -2.27. The molecule has 1 fully saturated rings. The summed E-state index contributed by atoms with van der Waals surface area (Å²) in [6, 6.07) is 0.697. The number of aliphatic hydroxyl groups excluding tert-OH is 1. The zero-order valence-electron chi connectivity index (χ0n) is 8.54. The largest absolute Gasteiger partial charge is 0.395 e. The molecule has 0 aliphatic heterocycles. The number of ether oxygens (including phenoxy) is 1. The number of aliphatic hydroxyl groups is 1. The van der Waals surface area contributed by atoms with E-state index in [9.17, 15) is 0 Å². The SMILES string of the molecule is COCCN(CCO)C1CCCC1. The zero-order valence-corrected chi connectivity index (χ0v) is 8.54. The summed E-state index contributed by atoms with van der Waals surface area (Å²) in [5.74, 6) is 0. The second-order valence-electron chi connectivity index (χ2n) is 3.69. The van der Waals surface area contributed by atoms with Crippen LogP contribution in [0, 0.1) is 0 Å². The van der Waals surface area contributed by atoms with Crippen molar-refractivity contribution < 1.29 is 9.84 Å². The highest BCUT2D eigenvalue weighted by atomic mass is 16.5. The molecule has 1 rings (SSSR count). The van der Waals surface area contributed by atoms with Gasteiger partial charge in [0.1, 0.15) is 0 Å². The smallest absolute Gasteiger partial charge is 0.0589 e. The van der Waals surface area contributed by atoms with E-state index in [2.05, 4.69) is 4.90 Å². The molecule has 0 atom stereocenters. The van der Waals surface area contributed by atoms with Gasteiger partial charge < -0.3 is 9.84 Å². The molecule has 78 valence electrons. The highest BCUT2D eigenvalue weighted by Gasteiger charge is 2.21. The minimum absolute atomic E-state index is 0.264. The van der Waals surface area contributed by atoms with E-state index in [1.807, 2.05) is 0 Å². The van der Waals surface area contributed by atoms with Crippen molar-refractivity contribution in [1.29, 1.82) is 0 Å². The van der Waals surface area contributed by atoms with Crippen molar-refractivity contribution in [1.82, 2.24) is 4.90 Å². The molecule has 0 spiro atoms. The Morgan fingerprint density at radius 3 is 2.54 bits per heavy atom. The number of rotatable bonds is 6. The van der Waals surface area contributed by atoms with Crippen LogP contribution in [0.2, 0.25) is 0 Å². The van der Waals surface area contributed by atoms with Gasteiger partial charge in [-0.25, -0.2) is 0 Å². The molecule has 0 saturated heterocycles. The van der Waals surface area contributed by atoms with Crippen molar-refractivity contribution in [2.24, 2.45) is 0 Å². The van der Waals surface area contributed by atoms with Crippen molar-refractivity contribution in [2.75, 3.05) is 33.4 Å². The van der Waals surface area contributed by atoms with Crippen LogP contribution in [0.25, 0.3) is 0 Å². The molecule has 0 amide bonds. The van der Waals surface area contributed by atoms with Gasteiger partial charge in [0.25, 0.3) is 0 Å². The molecule has 0 aromatic rings. The van der Waals surface area contributed by atoms with Gasteiger partial charge in [0.2, 0.25) is 0 Å². The third-order valence-corrected chi connectivity index (χ3v) is 2.81. The van der Waals surface area contributed by atoms with Crippen LogP contribution in [0.3, 0.4) is 0 Å². The molecule has 3 heteroatoms. The molecule has 3 nitrogen and oxygen atoms in total. The first kappa shape index (κ1) is 11.0. The maximum atomic E-state index is 8.91. The van der Waals surface area contributed by atoms with Crippen molar-refractivity contribution in [2.45, 2.75) is 31.7 Å². The molecule has 0 heterocycles. The first-order valence-corrected chi connectivity index (χ1v) is 5.22. The summed E-state index contributed by atoms with van der Waals surface area (Å²) in [4.78, 5) is 2.36. The average molecular weight is 187 g/mol. The Hall–Kier alpha value is -0.120. The number of hydrogen-bond acceptors (Lipinski definition) is 3. The summed E-state index contributed by atoms with van der Waals surface area (Å²) < 4.78 is 5.05. The van der Waals surface area contributed by atoms with Gasteiger partial charge in [0, 0.05) is 26.2 Å². The Morgan fingerprint density at radius 2 is 2.00 bits per heavy atom. The fourth-order valence-electron chi connectivity index (χ4n) is 2.08. The van der Waals surface area contributed by atoms with E-state index in [1.165, 1.54) is 25.7 Å². The van der Waals surface area contributed by atoms with Gasteiger partial charge in [-0.2, -0.15) is 0 Å². The third kappa shape index (κ3) is 3.63. The molecule has 0 aromatic heterocycles. The quantitative estimate of drug-likeness (QED) is 0.669. The van der Waals surface area contributed by atoms with E-state index in [1.54, 1.807) is 7.11 Å². The van der Waals surface area contributed by atoms with Crippen LogP contribution in [0.5, 0.6) is 0 Å². The lowest BCUT2D eigenvalue weighted by molar-refractivity contribution is 0.103. The zero-order chi connectivity index (χ0) is 9.52. The third-order valence-electron chi connectivity index (χ3n) is 2.81. The number of methoxy groups -OCH3 is 1. The molecule has 13 heavy (non-hydrogen) atoms. The van der Waals surface area contributed by atoms with E-state index in [4.69, 9.17) is 9.84 Å². The van der Waals surface area contributed by atoms with Gasteiger partial charge in [0.05, 0.1) is 13.2 Å². The summed E-state index contributed by atoms with van der Waals surface area (Å²) >= 11 is 0. The lowest BCUT2D eigenvalue weighted by atomic mass is 10.2. The van der Waals surface area contributed by atoms with E-state index in [-0.39, 0.29) is 6.61 Å². The maximum absolute atomic E-state index is 8.91. The van der Waals surface area contributed by atoms with Crippen LogP contribution in [0.4, 0.5) is 0 Å². The van der Waals surface area contributed by atoms with E-state index in [0.717, 1.165) is 19.7 Å². The molecule has 0 radical (unpaired) electrons. The summed E-state index contributed by atoms with van der Waals surface area (Å²) in [5.41, 5.74) is 0. The van der Waals surface area contributed by atoms with Gasteiger partial charge in [-0.15, -0.1) is 0 Å². The second kappa shape index (κ2) is 6.35. The molecule has 1 aliphatic rings. The lowest BCUT2D eigenvalue weighted by Crippen LogP contribution is -2.37. The monoisotopic (exact) mass is 187 g/mol. The summed E-state index contributed by atoms with van der Waals surface area (Å²) in [7, 11) is 1.73. The van der Waals surface area contributed by atoms with E-state index >= 15 is 0 Å². The highest BCUT2D eigenvalue weighted by molar-refractivity contribution is 4.77. The topological polar surface area (TPSA) is 32.7 Å². The minimum Gasteiger partial charge on any atom is -0.395 e. The van der Waals surface area contributed by atoms with Gasteiger partial charge in [-0.3, -0.25) is 4.90 Å². The summed E-state index contributed by atoms with van der Waals surface area (Å²) in [6.45, 7) is 2.80. The summed E-state index contributed by atoms with van der Waals surface area (Å²) in [6.07, 6.45) is 5.28. The molecular formula is C10H21NO2. The molecule has 0 aromatic carbocycles. The normalized spacial score (nSPS) is 18.7. The fourth-order valence-corrected chi connectivity index (χ4v) is 2.08. The Kier molecular flexibility index (Phi) is 5.35. The maximum Gasteiger partial charge on any atom is 0.0589 e. The van der Waals surface area contributed by atoms with Gasteiger partial charge in [-0.1, -0.05) is 12.8 Å². The Bertz CT molecular complexity index is 124. The van der Waals surface area contributed by atoms with Crippen LogP contribution in [0.1, 0.15) is 25.7 Å². The number of nitrogens with zero attached hydrogens (tertiary/aromatic N) is 1. The molecule has 0 bridgehead atoms. The Morgan fingerprint density at radius 1 is 1.31 bits per heavy atom. The molecular weight excluding hydrogens is 166 g/mol. The van der Waals surface area contributed by atoms with E-state index in [0.29, 0.717) is 6.04 Å². The Balaban J connectivity index is 2.26. The molecule has 0 unspecified atom stereocenters. The first-order chi connectivity index (χ1) is 6.38. The van der Waals surface area contributed by atoms with Crippen LogP contribution in [-0.4, -0.2) is 49.5 Å². The average Bonchev–Trinajstić information content (AvgIpc) is 2.65. The fraction of sp³-hybridized carbons (Fsp3) is 1.00. The van der Waals surface area contributed by atoms with Crippen molar-refractivity contribution in [3.05, 3.63) is 0 Å². The Labute approximate surface area is 80.7 Å². The number of hydrogen-bond donors (Lipinski definition) is 1. The van der Waals surface area contributed by atoms with E-state index < -0.39 is 0 Å².